The van der Waals surface area contributed by atoms with Crippen molar-refractivity contribution >= 4 is 11.7 Å². The second-order valence-electron chi connectivity index (χ2n) is 5.26. The second kappa shape index (κ2) is 9.37. The van der Waals surface area contributed by atoms with Crippen LogP contribution in [0.2, 0.25) is 0 Å². The van der Waals surface area contributed by atoms with Crippen molar-refractivity contribution in [2.75, 3.05) is 25.6 Å². The summed E-state index contributed by atoms with van der Waals surface area (Å²) in [5, 5.41) is 0. The summed E-state index contributed by atoms with van der Waals surface area (Å²) in [5.74, 6) is 0.451. The molecule has 4 nitrogen and oxygen atoms in total. The fourth-order valence-electron chi connectivity index (χ4n) is 1.64. The van der Waals surface area contributed by atoms with Crippen LogP contribution in [0.5, 0.6) is 0 Å². The Morgan fingerprint density at radius 3 is 2.50 bits per heavy atom. The average Bonchev–Trinajstić information content (AvgIpc) is 2.41. The standard InChI is InChI=1S/C16H25NO3/c1-13(2)9-10-19-11-12-20-16(18)8-5-14-3-6-15(17)7-4-14/h3-4,6-7,13H,5,8-12,17H2,1-2H3. The van der Waals surface area contributed by atoms with E-state index in [0.29, 0.717) is 32.0 Å². The van der Waals surface area contributed by atoms with Crippen LogP contribution in [0.3, 0.4) is 0 Å². The lowest BCUT2D eigenvalue weighted by Crippen LogP contribution is -2.12. The van der Waals surface area contributed by atoms with E-state index in [1.54, 1.807) is 0 Å². The molecule has 0 fully saturated rings. The van der Waals surface area contributed by atoms with Crippen molar-refractivity contribution < 1.29 is 14.3 Å². The summed E-state index contributed by atoms with van der Waals surface area (Å²) in [6, 6.07) is 7.53. The van der Waals surface area contributed by atoms with Gasteiger partial charge in [-0.15, -0.1) is 0 Å². The first-order valence-corrected chi connectivity index (χ1v) is 7.15. The number of nitrogen functional groups attached to an aromatic ring is 1. The molecular weight excluding hydrogens is 254 g/mol. The first kappa shape index (κ1) is 16.5. The van der Waals surface area contributed by atoms with Gasteiger partial charge in [0.25, 0.3) is 0 Å². The lowest BCUT2D eigenvalue weighted by molar-refractivity contribution is -0.145. The fourth-order valence-corrected chi connectivity index (χ4v) is 1.64. The molecule has 0 saturated heterocycles. The average molecular weight is 279 g/mol. The van der Waals surface area contributed by atoms with E-state index >= 15 is 0 Å². The Labute approximate surface area is 121 Å². The predicted molar refractivity (Wildman–Crippen MR) is 80.4 cm³/mol. The molecule has 0 amide bonds. The third-order valence-corrected chi connectivity index (χ3v) is 2.93. The molecule has 0 aliphatic heterocycles. The Morgan fingerprint density at radius 1 is 1.15 bits per heavy atom. The van der Waals surface area contributed by atoms with Crippen LogP contribution >= 0.6 is 0 Å². The van der Waals surface area contributed by atoms with Gasteiger partial charge in [0.1, 0.15) is 6.61 Å². The smallest absolute Gasteiger partial charge is 0.306 e. The van der Waals surface area contributed by atoms with Gasteiger partial charge in [0, 0.05) is 18.7 Å². The van der Waals surface area contributed by atoms with E-state index in [9.17, 15) is 4.79 Å². The molecule has 1 aromatic rings. The summed E-state index contributed by atoms with van der Waals surface area (Å²) in [5.41, 5.74) is 7.42. The van der Waals surface area contributed by atoms with Crippen LogP contribution in [0.15, 0.2) is 24.3 Å². The zero-order chi connectivity index (χ0) is 14.8. The van der Waals surface area contributed by atoms with Gasteiger partial charge in [-0.2, -0.15) is 0 Å². The van der Waals surface area contributed by atoms with E-state index < -0.39 is 0 Å². The van der Waals surface area contributed by atoms with Gasteiger partial charge in [-0.05, 0) is 36.5 Å². The molecule has 0 saturated carbocycles. The molecule has 0 heterocycles. The number of ether oxygens (including phenoxy) is 2. The zero-order valence-corrected chi connectivity index (χ0v) is 12.4. The summed E-state index contributed by atoms with van der Waals surface area (Å²) in [7, 11) is 0. The van der Waals surface area contributed by atoms with E-state index in [2.05, 4.69) is 13.8 Å². The fraction of sp³-hybridized carbons (Fsp3) is 0.562. The normalized spacial score (nSPS) is 10.8. The lowest BCUT2D eigenvalue weighted by atomic mass is 10.1. The highest BCUT2D eigenvalue weighted by Crippen LogP contribution is 2.08. The summed E-state index contributed by atoms with van der Waals surface area (Å²) in [6.45, 7) is 5.83. The maximum absolute atomic E-state index is 11.5. The number of nitrogens with two attached hydrogens (primary N) is 1. The van der Waals surface area contributed by atoms with Crippen LogP contribution in [0, 0.1) is 5.92 Å². The Kier molecular flexibility index (Phi) is 7.73. The quantitative estimate of drug-likeness (QED) is 0.429. The Bertz CT molecular complexity index is 387. The number of anilines is 1. The van der Waals surface area contributed by atoms with E-state index in [1.165, 1.54) is 0 Å². The molecule has 20 heavy (non-hydrogen) atoms. The minimum Gasteiger partial charge on any atom is -0.463 e. The molecule has 0 unspecified atom stereocenters. The monoisotopic (exact) mass is 279 g/mol. The van der Waals surface area contributed by atoms with Crippen LogP contribution in [0.4, 0.5) is 5.69 Å². The van der Waals surface area contributed by atoms with Crippen molar-refractivity contribution in [3.63, 3.8) is 0 Å². The number of rotatable bonds is 9. The SMILES string of the molecule is CC(C)CCOCCOC(=O)CCc1ccc(N)cc1. The molecule has 112 valence electrons. The van der Waals surface area contributed by atoms with Gasteiger partial charge in [-0.25, -0.2) is 0 Å². The number of carbonyl (C=O) groups is 1. The van der Waals surface area contributed by atoms with Crippen molar-refractivity contribution in [2.45, 2.75) is 33.1 Å². The number of hydrogen-bond donors (Lipinski definition) is 1. The predicted octanol–water partition coefficient (Wildman–Crippen LogP) is 2.81. The van der Waals surface area contributed by atoms with Crippen molar-refractivity contribution in [1.29, 1.82) is 0 Å². The Morgan fingerprint density at radius 2 is 1.85 bits per heavy atom. The molecule has 0 aliphatic rings. The molecule has 0 radical (unpaired) electrons. The summed E-state index contributed by atoms with van der Waals surface area (Å²) in [4.78, 5) is 11.5. The van der Waals surface area contributed by atoms with Gasteiger partial charge in [0.15, 0.2) is 0 Å². The van der Waals surface area contributed by atoms with Crippen LogP contribution in [-0.4, -0.2) is 25.8 Å². The van der Waals surface area contributed by atoms with Gasteiger partial charge in [-0.1, -0.05) is 26.0 Å². The molecular formula is C16H25NO3. The second-order valence-corrected chi connectivity index (χ2v) is 5.26. The van der Waals surface area contributed by atoms with Gasteiger partial charge >= 0.3 is 5.97 Å². The maximum Gasteiger partial charge on any atom is 0.306 e. The van der Waals surface area contributed by atoms with Crippen molar-refractivity contribution in [2.24, 2.45) is 5.92 Å². The van der Waals surface area contributed by atoms with E-state index in [1.807, 2.05) is 24.3 Å². The molecule has 0 spiro atoms. The minimum absolute atomic E-state index is 0.186. The minimum atomic E-state index is -0.186. The third-order valence-electron chi connectivity index (χ3n) is 2.93. The molecule has 0 aromatic heterocycles. The number of esters is 1. The van der Waals surface area contributed by atoms with Crippen LogP contribution in [0.1, 0.15) is 32.3 Å². The van der Waals surface area contributed by atoms with E-state index in [-0.39, 0.29) is 5.97 Å². The first-order valence-electron chi connectivity index (χ1n) is 7.15. The molecule has 1 aromatic carbocycles. The van der Waals surface area contributed by atoms with Crippen LogP contribution in [0.25, 0.3) is 0 Å². The molecule has 4 heteroatoms. The lowest BCUT2D eigenvalue weighted by Gasteiger charge is -2.07. The van der Waals surface area contributed by atoms with Crippen LogP contribution < -0.4 is 5.73 Å². The number of benzene rings is 1. The highest BCUT2D eigenvalue weighted by atomic mass is 16.6. The molecule has 2 N–H and O–H groups in total. The highest BCUT2D eigenvalue weighted by Gasteiger charge is 2.03. The largest absolute Gasteiger partial charge is 0.463 e. The Balaban J connectivity index is 2.04. The topological polar surface area (TPSA) is 61.5 Å². The Hall–Kier alpha value is -1.55. The number of hydrogen-bond acceptors (Lipinski definition) is 4. The zero-order valence-electron chi connectivity index (χ0n) is 12.4. The first-order chi connectivity index (χ1) is 9.58. The summed E-state index contributed by atoms with van der Waals surface area (Å²) in [6.07, 6.45) is 2.09. The number of carbonyl (C=O) groups excluding carboxylic acids is 1. The number of aryl methyl sites for hydroxylation is 1. The van der Waals surface area contributed by atoms with E-state index in [0.717, 1.165) is 24.3 Å². The van der Waals surface area contributed by atoms with Gasteiger partial charge in [0.2, 0.25) is 0 Å². The van der Waals surface area contributed by atoms with Gasteiger partial charge in [-0.3, -0.25) is 4.79 Å². The van der Waals surface area contributed by atoms with E-state index in [4.69, 9.17) is 15.2 Å². The summed E-state index contributed by atoms with van der Waals surface area (Å²) >= 11 is 0. The molecule has 0 aliphatic carbocycles. The van der Waals surface area contributed by atoms with Crippen molar-refractivity contribution in [3.05, 3.63) is 29.8 Å². The molecule has 0 bridgehead atoms. The molecule has 0 atom stereocenters. The van der Waals surface area contributed by atoms with Crippen molar-refractivity contribution in [1.82, 2.24) is 0 Å². The van der Waals surface area contributed by atoms with Crippen molar-refractivity contribution in [3.8, 4) is 0 Å². The third kappa shape index (κ3) is 7.79. The highest BCUT2D eigenvalue weighted by molar-refractivity contribution is 5.69. The summed E-state index contributed by atoms with van der Waals surface area (Å²) < 4.78 is 10.5. The molecule has 1 rings (SSSR count). The van der Waals surface area contributed by atoms with Crippen LogP contribution in [-0.2, 0) is 20.7 Å². The van der Waals surface area contributed by atoms with Gasteiger partial charge in [0.05, 0.1) is 6.61 Å². The van der Waals surface area contributed by atoms with Gasteiger partial charge < -0.3 is 15.2 Å². The maximum atomic E-state index is 11.5.